The van der Waals surface area contributed by atoms with E-state index < -0.39 is 17.4 Å². The van der Waals surface area contributed by atoms with Crippen LogP contribution in [-0.2, 0) is 6.42 Å². The summed E-state index contributed by atoms with van der Waals surface area (Å²) in [5, 5.41) is 5.65. The fourth-order valence-corrected chi connectivity index (χ4v) is 5.14. The Morgan fingerprint density at radius 1 is 0.872 bits per heavy atom. The number of carbonyl (C=O) groups is 2. The third kappa shape index (κ3) is 5.89. The minimum absolute atomic E-state index is 0.0569. The molecule has 0 atom stereocenters. The van der Waals surface area contributed by atoms with Crippen molar-refractivity contribution >= 4 is 39.5 Å². The smallest absolute Gasteiger partial charge is 0.274 e. The van der Waals surface area contributed by atoms with Crippen LogP contribution in [0.1, 0.15) is 44.8 Å². The van der Waals surface area contributed by atoms with Crippen molar-refractivity contribution < 1.29 is 14.3 Å². The van der Waals surface area contributed by atoms with E-state index in [1.165, 1.54) is 10.5 Å². The van der Waals surface area contributed by atoms with Crippen LogP contribution in [0.2, 0.25) is 0 Å². The lowest BCUT2D eigenvalue weighted by Crippen LogP contribution is -2.25. The van der Waals surface area contributed by atoms with E-state index in [4.69, 9.17) is 4.74 Å². The number of nitrogens with zero attached hydrogens (tertiary/aromatic N) is 2. The average molecular weight is 539 g/mol. The highest BCUT2D eigenvalue weighted by molar-refractivity contribution is 7.19. The second kappa shape index (κ2) is 11.3. The number of fused-ring (bicyclic) bond motifs is 1. The molecule has 39 heavy (non-hydrogen) atoms. The maximum absolute atomic E-state index is 13.5. The first-order valence-corrected chi connectivity index (χ1v) is 13.3. The molecule has 5 aromatic rings. The molecule has 0 bridgehead atoms. The second-order valence-electron chi connectivity index (χ2n) is 8.95. The van der Waals surface area contributed by atoms with Gasteiger partial charge in [-0.2, -0.15) is 0 Å². The molecule has 2 heterocycles. The average Bonchev–Trinajstić information content (AvgIpc) is 3.31. The fraction of sp³-hybridized carbons (Fsp3) is 0.133. The van der Waals surface area contributed by atoms with Crippen LogP contribution in [0.4, 0.5) is 11.4 Å². The highest BCUT2D eigenvalue weighted by Gasteiger charge is 2.26. The molecular weight excluding hydrogens is 512 g/mol. The van der Waals surface area contributed by atoms with Crippen LogP contribution in [0.5, 0.6) is 11.5 Å². The van der Waals surface area contributed by atoms with Crippen molar-refractivity contribution in [2.75, 3.05) is 10.6 Å². The van der Waals surface area contributed by atoms with Crippen molar-refractivity contribution in [3.05, 3.63) is 117 Å². The summed E-state index contributed by atoms with van der Waals surface area (Å²) in [6.45, 7) is 3.90. The van der Waals surface area contributed by atoms with Crippen molar-refractivity contribution in [1.29, 1.82) is 0 Å². The molecule has 9 heteroatoms. The van der Waals surface area contributed by atoms with E-state index >= 15 is 0 Å². The van der Waals surface area contributed by atoms with E-state index in [1.807, 2.05) is 62.4 Å². The summed E-state index contributed by atoms with van der Waals surface area (Å²) in [4.78, 5) is 45.0. The number of hydrogen-bond acceptors (Lipinski definition) is 6. The van der Waals surface area contributed by atoms with Gasteiger partial charge in [-0.25, -0.2) is 9.38 Å². The molecule has 0 fully saturated rings. The van der Waals surface area contributed by atoms with Gasteiger partial charge in [0.1, 0.15) is 22.1 Å². The van der Waals surface area contributed by atoms with Crippen LogP contribution >= 0.6 is 11.3 Å². The van der Waals surface area contributed by atoms with Crippen LogP contribution in [-0.4, -0.2) is 21.2 Å². The number of aromatic nitrogens is 2. The molecule has 0 saturated carbocycles. The van der Waals surface area contributed by atoms with E-state index in [2.05, 4.69) is 15.6 Å². The van der Waals surface area contributed by atoms with Crippen LogP contribution in [0.15, 0.2) is 89.7 Å². The molecule has 2 aromatic heterocycles. The van der Waals surface area contributed by atoms with Gasteiger partial charge in [0.25, 0.3) is 17.4 Å². The number of para-hydroxylation sites is 1. The van der Waals surface area contributed by atoms with Gasteiger partial charge in [-0.05, 0) is 67.4 Å². The van der Waals surface area contributed by atoms with Gasteiger partial charge in [0.15, 0.2) is 4.96 Å². The second-order valence-corrected chi connectivity index (χ2v) is 9.93. The quantitative estimate of drug-likeness (QED) is 0.241. The Balaban J connectivity index is 1.47. The lowest BCUT2D eigenvalue weighted by molar-refractivity contribution is 0.0989. The van der Waals surface area contributed by atoms with Gasteiger partial charge in [-0.3, -0.25) is 14.4 Å². The number of aryl methyl sites for hydroxylation is 2. The topological polar surface area (TPSA) is 102 Å². The molecule has 0 radical (unpaired) electrons. The summed E-state index contributed by atoms with van der Waals surface area (Å²) >= 11 is 1.01. The van der Waals surface area contributed by atoms with Gasteiger partial charge in [0.2, 0.25) is 0 Å². The van der Waals surface area contributed by atoms with Crippen LogP contribution in [0, 0.1) is 6.92 Å². The predicted molar refractivity (Wildman–Crippen MR) is 153 cm³/mol. The first-order chi connectivity index (χ1) is 18.9. The number of carbonyl (C=O) groups excluding carboxylic acids is 2. The third-order valence-corrected chi connectivity index (χ3v) is 6.91. The molecule has 0 aliphatic heterocycles. The van der Waals surface area contributed by atoms with E-state index in [0.29, 0.717) is 35.0 Å². The SMILES string of the molecule is CCCc1cc(=O)n2c(C(=O)Nc3cccc(C)c3)c(C(=O)Nc3ccc(Oc4ccccc4)cc3)sc2n1. The predicted octanol–water partition coefficient (Wildman–Crippen LogP) is 6.31. The Labute approximate surface area is 228 Å². The summed E-state index contributed by atoms with van der Waals surface area (Å²) in [6, 6.07) is 25.0. The summed E-state index contributed by atoms with van der Waals surface area (Å²) in [5.74, 6) is 0.214. The number of thiazole rings is 1. The molecule has 0 unspecified atom stereocenters. The van der Waals surface area contributed by atoms with Gasteiger partial charge in [-0.15, -0.1) is 0 Å². The Hall–Kier alpha value is -4.76. The minimum atomic E-state index is -0.573. The Kier molecular flexibility index (Phi) is 7.51. The Morgan fingerprint density at radius 2 is 1.59 bits per heavy atom. The highest BCUT2D eigenvalue weighted by atomic mass is 32.1. The zero-order chi connectivity index (χ0) is 27.4. The molecular formula is C30H26N4O4S. The standard InChI is InChI=1S/C30H26N4O4S/c1-3-8-21-18-25(35)34-26(28(36)32-22-10-7-9-19(2)17-22)27(39-30(34)33-21)29(37)31-20-13-15-24(16-14-20)38-23-11-5-4-6-12-23/h4-7,9-18H,3,8H2,1-2H3,(H,31,37)(H,32,36). The van der Waals surface area contributed by atoms with E-state index in [9.17, 15) is 14.4 Å². The van der Waals surface area contributed by atoms with Crippen molar-refractivity contribution in [1.82, 2.24) is 9.38 Å². The number of hydrogen-bond donors (Lipinski definition) is 2. The first-order valence-electron chi connectivity index (χ1n) is 12.5. The molecule has 0 aliphatic carbocycles. The summed E-state index contributed by atoms with van der Waals surface area (Å²) in [6.07, 6.45) is 1.43. The fourth-order valence-electron chi connectivity index (χ4n) is 4.10. The van der Waals surface area contributed by atoms with Crippen LogP contribution in [0.25, 0.3) is 4.96 Å². The Morgan fingerprint density at radius 3 is 2.31 bits per heavy atom. The normalized spacial score (nSPS) is 10.8. The molecule has 2 N–H and O–H groups in total. The van der Waals surface area contributed by atoms with E-state index in [1.54, 1.807) is 30.3 Å². The molecule has 0 spiro atoms. The van der Waals surface area contributed by atoms with Gasteiger partial charge < -0.3 is 15.4 Å². The summed E-state index contributed by atoms with van der Waals surface area (Å²) in [7, 11) is 0. The number of ether oxygens (including phenoxy) is 1. The molecule has 8 nitrogen and oxygen atoms in total. The lowest BCUT2D eigenvalue weighted by Gasteiger charge is -2.09. The highest BCUT2D eigenvalue weighted by Crippen LogP contribution is 2.26. The molecule has 0 aliphatic rings. The lowest BCUT2D eigenvalue weighted by atomic mass is 10.2. The van der Waals surface area contributed by atoms with Crippen molar-refractivity contribution in [3.63, 3.8) is 0 Å². The third-order valence-electron chi connectivity index (χ3n) is 5.87. The number of anilines is 2. The number of amides is 2. The number of rotatable bonds is 8. The number of benzene rings is 3. The first kappa shape index (κ1) is 25.9. The summed E-state index contributed by atoms with van der Waals surface area (Å²) in [5.41, 5.74) is 2.19. The largest absolute Gasteiger partial charge is 0.457 e. The zero-order valence-electron chi connectivity index (χ0n) is 21.4. The van der Waals surface area contributed by atoms with Crippen molar-refractivity contribution in [2.45, 2.75) is 26.7 Å². The maximum atomic E-state index is 13.5. The van der Waals surface area contributed by atoms with Crippen molar-refractivity contribution in [3.8, 4) is 11.5 Å². The molecule has 3 aromatic carbocycles. The number of nitrogens with one attached hydrogen (secondary N) is 2. The van der Waals surface area contributed by atoms with E-state index in [-0.39, 0.29) is 15.5 Å². The van der Waals surface area contributed by atoms with Gasteiger partial charge in [0.05, 0.1) is 0 Å². The molecule has 196 valence electrons. The van der Waals surface area contributed by atoms with Crippen LogP contribution in [0.3, 0.4) is 0 Å². The maximum Gasteiger partial charge on any atom is 0.274 e. The molecule has 5 rings (SSSR count). The van der Waals surface area contributed by atoms with Gasteiger partial charge >= 0.3 is 0 Å². The Bertz CT molecular complexity index is 1710. The van der Waals surface area contributed by atoms with E-state index in [0.717, 1.165) is 23.3 Å². The monoisotopic (exact) mass is 538 g/mol. The van der Waals surface area contributed by atoms with Gasteiger partial charge in [-0.1, -0.05) is 55.0 Å². The molecule has 0 saturated heterocycles. The zero-order valence-corrected chi connectivity index (χ0v) is 22.2. The summed E-state index contributed by atoms with van der Waals surface area (Å²) < 4.78 is 7.02. The minimum Gasteiger partial charge on any atom is -0.457 e. The van der Waals surface area contributed by atoms with Gasteiger partial charge in [0, 0.05) is 23.1 Å². The van der Waals surface area contributed by atoms with Crippen LogP contribution < -0.4 is 20.9 Å². The van der Waals surface area contributed by atoms with Crippen molar-refractivity contribution in [2.24, 2.45) is 0 Å². The molecule has 2 amide bonds.